The number of piperidine rings is 1. The van der Waals surface area contributed by atoms with Crippen molar-refractivity contribution >= 4 is 23.2 Å². The van der Waals surface area contributed by atoms with E-state index in [0.717, 1.165) is 30.7 Å². The van der Waals surface area contributed by atoms with E-state index < -0.39 is 0 Å². The number of nitrogens with zero attached hydrogens (tertiary/aromatic N) is 1. The van der Waals surface area contributed by atoms with Gasteiger partial charge in [0.05, 0.1) is 10.8 Å². The molecule has 0 spiro atoms. The molecule has 1 aliphatic carbocycles. The van der Waals surface area contributed by atoms with Crippen LogP contribution in [0.1, 0.15) is 68.0 Å². The summed E-state index contributed by atoms with van der Waals surface area (Å²) in [5.74, 6) is 0.840. The number of hydrogen-bond acceptors (Lipinski definition) is 3. The van der Waals surface area contributed by atoms with Gasteiger partial charge < -0.3 is 10.2 Å². The van der Waals surface area contributed by atoms with Gasteiger partial charge in [-0.3, -0.25) is 9.59 Å². The highest BCUT2D eigenvalue weighted by atomic mass is 32.1. The Kier molecular flexibility index (Phi) is 6.51. The zero-order valence-corrected chi connectivity index (χ0v) is 16.0. The Balaban J connectivity index is 1.54. The smallest absolute Gasteiger partial charge is 0.263 e. The van der Waals surface area contributed by atoms with Crippen LogP contribution >= 0.6 is 11.3 Å². The lowest BCUT2D eigenvalue weighted by molar-refractivity contribution is -0.127. The van der Waals surface area contributed by atoms with Crippen LogP contribution in [0.2, 0.25) is 0 Å². The second-order valence-electron chi connectivity index (χ2n) is 7.52. The first-order chi connectivity index (χ1) is 12.2. The first-order valence-electron chi connectivity index (χ1n) is 9.82. The highest BCUT2D eigenvalue weighted by Gasteiger charge is 2.33. The van der Waals surface area contributed by atoms with Crippen LogP contribution in [0.25, 0.3) is 0 Å². The molecule has 2 fully saturated rings. The van der Waals surface area contributed by atoms with Crippen LogP contribution in [0, 0.1) is 11.8 Å². The maximum atomic E-state index is 12.8. The lowest BCUT2D eigenvalue weighted by Crippen LogP contribution is -2.48. The molecule has 3 atom stereocenters. The number of hydrogen-bond donors (Lipinski definition) is 1. The lowest BCUT2D eigenvalue weighted by atomic mass is 9.93. The highest BCUT2D eigenvalue weighted by Crippen LogP contribution is 2.30. The number of carbonyl (C=O) groups is 2. The molecule has 3 rings (SSSR count). The number of amides is 2. The molecular weight excluding hydrogens is 332 g/mol. The molecule has 0 radical (unpaired) electrons. The van der Waals surface area contributed by atoms with E-state index in [-0.39, 0.29) is 17.7 Å². The fraction of sp³-hybridized carbons (Fsp3) is 0.700. The fourth-order valence-electron chi connectivity index (χ4n) is 4.27. The molecule has 2 heterocycles. The molecule has 25 heavy (non-hydrogen) atoms. The molecule has 1 aliphatic heterocycles. The third-order valence-electron chi connectivity index (χ3n) is 5.73. The Hall–Kier alpha value is -1.36. The summed E-state index contributed by atoms with van der Waals surface area (Å²) in [7, 11) is 0. The largest absolute Gasteiger partial charge is 0.353 e. The summed E-state index contributed by atoms with van der Waals surface area (Å²) in [5, 5.41) is 5.26. The molecule has 2 amide bonds. The van der Waals surface area contributed by atoms with Crippen LogP contribution in [-0.2, 0) is 4.79 Å². The zero-order chi connectivity index (χ0) is 17.6. The Morgan fingerprint density at radius 2 is 2.16 bits per heavy atom. The van der Waals surface area contributed by atoms with Crippen LogP contribution in [-0.4, -0.2) is 35.8 Å². The SMILES string of the molecule is CCCCC1CCCC1NC(=O)C1CCCN(C(=O)c2cccs2)C1. The van der Waals surface area contributed by atoms with Crippen molar-refractivity contribution in [2.24, 2.45) is 11.8 Å². The molecule has 0 aromatic carbocycles. The van der Waals surface area contributed by atoms with Gasteiger partial charge in [-0.15, -0.1) is 11.3 Å². The molecule has 2 aliphatic rings. The van der Waals surface area contributed by atoms with E-state index in [1.807, 2.05) is 22.4 Å². The number of likely N-dealkylation sites (tertiary alicyclic amines) is 1. The van der Waals surface area contributed by atoms with E-state index >= 15 is 0 Å². The molecule has 0 bridgehead atoms. The van der Waals surface area contributed by atoms with Crippen molar-refractivity contribution < 1.29 is 9.59 Å². The van der Waals surface area contributed by atoms with Gasteiger partial charge >= 0.3 is 0 Å². The average Bonchev–Trinajstić information content (AvgIpc) is 3.31. The third-order valence-corrected chi connectivity index (χ3v) is 6.58. The van der Waals surface area contributed by atoms with Crippen molar-refractivity contribution in [3.05, 3.63) is 22.4 Å². The number of nitrogens with one attached hydrogen (secondary N) is 1. The minimum Gasteiger partial charge on any atom is -0.353 e. The van der Waals surface area contributed by atoms with Crippen molar-refractivity contribution in [2.75, 3.05) is 13.1 Å². The number of rotatable bonds is 6. The van der Waals surface area contributed by atoms with Crippen molar-refractivity contribution in [1.29, 1.82) is 0 Å². The van der Waals surface area contributed by atoms with Gasteiger partial charge in [-0.1, -0.05) is 32.3 Å². The number of carbonyl (C=O) groups excluding carboxylic acids is 2. The molecule has 1 N–H and O–H groups in total. The van der Waals surface area contributed by atoms with Crippen molar-refractivity contribution in [2.45, 2.75) is 64.3 Å². The van der Waals surface area contributed by atoms with E-state index in [1.165, 1.54) is 43.4 Å². The Morgan fingerprint density at radius 3 is 2.92 bits per heavy atom. The molecule has 1 aromatic rings. The fourth-order valence-corrected chi connectivity index (χ4v) is 4.96. The summed E-state index contributed by atoms with van der Waals surface area (Å²) in [4.78, 5) is 28.0. The van der Waals surface area contributed by atoms with Gasteiger partial charge in [0.15, 0.2) is 0 Å². The quantitative estimate of drug-likeness (QED) is 0.829. The van der Waals surface area contributed by atoms with Gasteiger partial charge in [-0.2, -0.15) is 0 Å². The van der Waals surface area contributed by atoms with Gasteiger partial charge in [-0.05, 0) is 49.5 Å². The molecule has 4 nitrogen and oxygen atoms in total. The van der Waals surface area contributed by atoms with Crippen molar-refractivity contribution in [3.63, 3.8) is 0 Å². The van der Waals surface area contributed by atoms with E-state index in [4.69, 9.17) is 0 Å². The molecular formula is C20H30N2O2S. The van der Waals surface area contributed by atoms with E-state index in [1.54, 1.807) is 0 Å². The Bertz CT molecular complexity index is 572. The Morgan fingerprint density at radius 1 is 1.28 bits per heavy atom. The van der Waals surface area contributed by atoms with E-state index in [2.05, 4.69) is 12.2 Å². The summed E-state index contributed by atoms with van der Waals surface area (Å²) in [6, 6.07) is 4.12. The lowest BCUT2D eigenvalue weighted by Gasteiger charge is -2.33. The van der Waals surface area contributed by atoms with Gasteiger partial charge in [0.2, 0.25) is 5.91 Å². The molecule has 1 aromatic heterocycles. The van der Waals surface area contributed by atoms with E-state index in [0.29, 0.717) is 18.5 Å². The summed E-state index contributed by atoms with van der Waals surface area (Å²) in [6.07, 6.45) is 9.11. The maximum Gasteiger partial charge on any atom is 0.263 e. The monoisotopic (exact) mass is 362 g/mol. The molecule has 1 saturated carbocycles. The van der Waals surface area contributed by atoms with Crippen LogP contribution in [0.15, 0.2) is 17.5 Å². The zero-order valence-electron chi connectivity index (χ0n) is 15.2. The predicted molar refractivity (Wildman–Crippen MR) is 102 cm³/mol. The summed E-state index contributed by atoms with van der Waals surface area (Å²) in [5.41, 5.74) is 0. The molecule has 5 heteroatoms. The molecule has 1 saturated heterocycles. The molecule has 3 unspecified atom stereocenters. The van der Waals surface area contributed by atoms with Gasteiger partial charge in [0.25, 0.3) is 5.91 Å². The van der Waals surface area contributed by atoms with E-state index in [9.17, 15) is 9.59 Å². The second-order valence-corrected chi connectivity index (χ2v) is 8.46. The number of unbranched alkanes of at least 4 members (excludes halogenated alkanes) is 1. The first-order valence-corrected chi connectivity index (χ1v) is 10.7. The third kappa shape index (κ3) is 4.63. The minimum absolute atomic E-state index is 0.0508. The van der Waals surface area contributed by atoms with Gasteiger partial charge in [-0.25, -0.2) is 0 Å². The Labute approximate surface area is 155 Å². The minimum atomic E-state index is -0.0508. The van der Waals surface area contributed by atoms with Crippen LogP contribution in [0.3, 0.4) is 0 Å². The number of thiophene rings is 1. The summed E-state index contributed by atoms with van der Waals surface area (Å²) >= 11 is 1.48. The summed E-state index contributed by atoms with van der Waals surface area (Å²) in [6.45, 7) is 3.56. The maximum absolute atomic E-state index is 12.8. The van der Waals surface area contributed by atoms with Crippen LogP contribution in [0.5, 0.6) is 0 Å². The predicted octanol–water partition coefficient (Wildman–Crippen LogP) is 4.08. The van der Waals surface area contributed by atoms with Crippen LogP contribution in [0.4, 0.5) is 0 Å². The normalized spacial score (nSPS) is 26.6. The standard InChI is InChI=1S/C20H30N2O2S/c1-2-3-7-15-8-4-10-17(15)21-19(23)16-9-5-12-22(14-16)20(24)18-11-6-13-25-18/h6,11,13,15-17H,2-5,7-10,12,14H2,1H3,(H,21,23). The van der Waals surface area contributed by atoms with Gasteiger partial charge in [0.1, 0.15) is 0 Å². The van der Waals surface area contributed by atoms with Crippen LogP contribution < -0.4 is 5.32 Å². The first kappa shape index (κ1) is 18.4. The van der Waals surface area contributed by atoms with Crippen molar-refractivity contribution in [3.8, 4) is 0 Å². The average molecular weight is 363 g/mol. The second kappa shape index (κ2) is 8.84. The topological polar surface area (TPSA) is 49.4 Å². The highest BCUT2D eigenvalue weighted by molar-refractivity contribution is 7.12. The van der Waals surface area contributed by atoms with Gasteiger partial charge in [0, 0.05) is 19.1 Å². The molecule has 138 valence electrons. The van der Waals surface area contributed by atoms with Crippen molar-refractivity contribution in [1.82, 2.24) is 10.2 Å². The summed E-state index contributed by atoms with van der Waals surface area (Å²) < 4.78 is 0.